The Labute approximate surface area is 87.8 Å². The monoisotopic (exact) mass is 216 g/mol. The molecular formula is C9H16N2O4. The summed E-state index contributed by atoms with van der Waals surface area (Å²) in [4.78, 5) is 21.4. The van der Waals surface area contributed by atoms with Crippen molar-refractivity contribution in [2.45, 2.75) is 25.0 Å². The quantitative estimate of drug-likeness (QED) is 0.401. The minimum Gasteiger partial charge on any atom is -0.479 e. The molecule has 0 fully saturated rings. The first-order valence-corrected chi connectivity index (χ1v) is 4.54. The largest absolute Gasteiger partial charge is 0.479 e. The van der Waals surface area contributed by atoms with Gasteiger partial charge in [0.15, 0.2) is 6.10 Å². The number of carbonyl (C=O) groups is 2. The van der Waals surface area contributed by atoms with Gasteiger partial charge in [0, 0.05) is 13.0 Å². The number of rotatable bonds is 7. The van der Waals surface area contributed by atoms with Gasteiger partial charge in [0.2, 0.25) is 5.91 Å². The number of nitrogens with two attached hydrogens (primary N) is 1. The highest BCUT2D eigenvalue weighted by Gasteiger charge is 2.14. The molecule has 15 heavy (non-hydrogen) atoms. The van der Waals surface area contributed by atoms with Crippen LogP contribution in [0, 0.1) is 0 Å². The standard InChI is InChI=1S/C9H16N2O4/c1-2-3-6(10)8(13)11-5-4-7(12)9(14)15/h2,6-7,12H,1,3-5,10H2,(H,11,13)(H,14,15)/t6?,7-/m0/s1. The Bertz CT molecular complexity index is 242. The van der Waals surface area contributed by atoms with Crippen molar-refractivity contribution in [3.05, 3.63) is 12.7 Å². The van der Waals surface area contributed by atoms with Crippen LogP contribution in [0.4, 0.5) is 0 Å². The van der Waals surface area contributed by atoms with E-state index >= 15 is 0 Å². The maximum Gasteiger partial charge on any atom is 0.332 e. The van der Waals surface area contributed by atoms with Gasteiger partial charge in [-0.05, 0) is 6.42 Å². The molecule has 2 atom stereocenters. The zero-order chi connectivity index (χ0) is 11.8. The second-order valence-corrected chi connectivity index (χ2v) is 3.06. The number of hydrogen-bond acceptors (Lipinski definition) is 4. The summed E-state index contributed by atoms with van der Waals surface area (Å²) in [5, 5.41) is 19.6. The summed E-state index contributed by atoms with van der Waals surface area (Å²) in [5.74, 6) is -1.69. The first kappa shape index (κ1) is 13.6. The number of hydrogen-bond donors (Lipinski definition) is 4. The van der Waals surface area contributed by atoms with Gasteiger partial charge in [0.25, 0.3) is 0 Å². The summed E-state index contributed by atoms with van der Waals surface area (Å²) in [6.07, 6.45) is 0.381. The van der Waals surface area contributed by atoms with Crippen LogP contribution in [0.5, 0.6) is 0 Å². The third-order valence-electron chi connectivity index (χ3n) is 1.76. The molecule has 5 N–H and O–H groups in total. The summed E-state index contributed by atoms with van der Waals surface area (Å²) in [6, 6.07) is -0.676. The molecular weight excluding hydrogens is 200 g/mol. The van der Waals surface area contributed by atoms with Crippen molar-refractivity contribution < 1.29 is 19.8 Å². The van der Waals surface area contributed by atoms with E-state index in [1.165, 1.54) is 6.08 Å². The molecule has 0 spiro atoms. The van der Waals surface area contributed by atoms with Crippen molar-refractivity contribution in [3.63, 3.8) is 0 Å². The van der Waals surface area contributed by atoms with Gasteiger partial charge in [-0.3, -0.25) is 4.79 Å². The Hall–Kier alpha value is -1.40. The molecule has 0 aromatic heterocycles. The molecule has 0 aliphatic carbocycles. The Kier molecular flexibility index (Phi) is 6.32. The van der Waals surface area contributed by atoms with Crippen LogP contribution in [-0.4, -0.2) is 40.8 Å². The summed E-state index contributed by atoms with van der Waals surface area (Å²) in [7, 11) is 0. The fraction of sp³-hybridized carbons (Fsp3) is 0.556. The van der Waals surface area contributed by atoms with E-state index in [9.17, 15) is 9.59 Å². The molecule has 0 aromatic rings. The van der Waals surface area contributed by atoms with Gasteiger partial charge < -0.3 is 21.3 Å². The molecule has 0 saturated carbocycles. The smallest absolute Gasteiger partial charge is 0.332 e. The molecule has 0 saturated heterocycles. The van der Waals surface area contributed by atoms with Gasteiger partial charge >= 0.3 is 5.97 Å². The van der Waals surface area contributed by atoms with Gasteiger partial charge in [0.05, 0.1) is 6.04 Å². The number of aliphatic carboxylic acids is 1. The topological polar surface area (TPSA) is 113 Å². The molecule has 0 heterocycles. The first-order chi connectivity index (χ1) is 6.99. The highest BCUT2D eigenvalue weighted by molar-refractivity contribution is 5.81. The Morgan fingerprint density at radius 2 is 2.13 bits per heavy atom. The molecule has 0 aliphatic heterocycles. The summed E-state index contributed by atoms with van der Waals surface area (Å²) in [6.45, 7) is 3.52. The summed E-state index contributed by atoms with van der Waals surface area (Å²) >= 11 is 0. The number of carboxylic acid groups (broad SMARTS) is 1. The molecule has 86 valence electrons. The number of aliphatic hydroxyl groups is 1. The van der Waals surface area contributed by atoms with Gasteiger partial charge in [0.1, 0.15) is 0 Å². The van der Waals surface area contributed by atoms with Crippen molar-refractivity contribution >= 4 is 11.9 Å². The van der Waals surface area contributed by atoms with E-state index in [0.717, 1.165) is 0 Å². The van der Waals surface area contributed by atoms with E-state index in [1.807, 2.05) is 0 Å². The molecule has 6 heteroatoms. The van der Waals surface area contributed by atoms with Crippen molar-refractivity contribution in [2.75, 3.05) is 6.54 Å². The zero-order valence-corrected chi connectivity index (χ0v) is 8.35. The molecule has 1 amide bonds. The van der Waals surface area contributed by atoms with Crippen molar-refractivity contribution in [3.8, 4) is 0 Å². The lowest BCUT2D eigenvalue weighted by molar-refractivity contribution is -0.147. The molecule has 0 aromatic carbocycles. The Balaban J connectivity index is 3.72. The number of aliphatic hydroxyl groups excluding tert-OH is 1. The van der Waals surface area contributed by atoms with Crippen LogP contribution in [0.3, 0.4) is 0 Å². The van der Waals surface area contributed by atoms with Crippen LogP contribution in [0.2, 0.25) is 0 Å². The van der Waals surface area contributed by atoms with Gasteiger partial charge in [-0.2, -0.15) is 0 Å². The van der Waals surface area contributed by atoms with Gasteiger partial charge in [-0.15, -0.1) is 6.58 Å². The second-order valence-electron chi connectivity index (χ2n) is 3.06. The van der Waals surface area contributed by atoms with Crippen LogP contribution in [0.25, 0.3) is 0 Å². The predicted molar refractivity (Wildman–Crippen MR) is 54.1 cm³/mol. The van der Waals surface area contributed by atoms with Crippen LogP contribution in [0.1, 0.15) is 12.8 Å². The molecule has 1 unspecified atom stereocenters. The van der Waals surface area contributed by atoms with E-state index in [-0.39, 0.29) is 18.9 Å². The normalized spacial score (nSPS) is 14.0. The number of carbonyl (C=O) groups excluding carboxylic acids is 1. The second kappa shape index (κ2) is 6.97. The number of amides is 1. The maximum atomic E-state index is 11.2. The highest BCUT2D eigenvalue weighted by atomic mass is 16.4. The maximum absolute atomic E-state index is 11.2. The summed E-state index contributed by atoms with van der Waals surface area (Å²) in [5.41, 5.74) is 5.44. The number of nitrogens with one attached hydrogen (secondary N) is 1. The Morgan fingerprint density at radius 3 is 2.60 bits per heavy atom. The fourth-order valence-electron chi connectivity index (χ4n) is 0.873. The van der Waals surface area contributed by atoms with Crippen molar-refractivity contribution in [1.29, 1.82) is 0 Å². The minimum atomic E-state index is -1.46. The van der Waals surface area contributed by atoms with Crippen LogP contribution in [-0.2, 0) is 9.59 Å². The molecule has 6 nitrogen and oxygen atoms in total. The minimum absolute atomic E-state index is 0.0398. The van der Waals surface area contributed by atoms with E-state index < -0.39 is 18.1 Å². The molecule has 0 radical (unpaired) electrons. The third-order valence-corrected chi connectivity index (χ3v) is 1.76. The van der Waals surface area contributed by atoms with E-state index in [4.69, 9.17) is 15.9 Å². The van der Waals surface area contributed by atoms with Crippen molar-refractivity contribution in [2.24, 2.45) is 5.73 Å². The molecule has 0 rings (SSSR count). The summed E-state index contributed by atoms with van der Waals surface area (Å²) < 4.78 is 0. The van der Waals surface area contributed by atoms with Gasteiger partial charge in [-0.25, -0.2) is 4.79 Å². The van der Waals surface area contributed by atoms with E-state index in [2.05, 4.69) is 11.9 Å². The third kappa shape index (κ3) is 5.82. The average Bonchev–Trinajstić information content (AvgIpc) is 2.17. The zero-order valence-electron chi connectivity index (χ0n) is 8.35. The average molecular weight is 216 g/mol. The lowest BCUT2D eigenvalue weighted by atomic mass is 10.2. The molecule has 0 aliphatic rings. The van der Waals surface area contributed by atoms with Gasteiger partial charge in [-0.1, -0.05) is 6.08 Å². The van der Waals surface area contributed by atoms with E-state index in [1.54, 1.807) is 0 Å². The highest BCUT2D eigenvalue weighted by Crippen LogP contribution is 1.92. The first-order valence-electron chi connectivity index (χ1n) is 4.54. The lowest BCUT2D eigenvalue weighted by Gasteiger charge is -2.11. The number of carboxylic acids is 1. The molecule has 0 bridgehead atoms. The van der Waals surface area contributed by atoms with Crippen molar-refractivity contribution in [1.82, 2.24) is 5.32 Å². The van der Waals surface area contributed by atoms with Crippen LogP contribution < -0.4 is 11.1 Å². The van der Waals surface area contributed by atoms with Crippen LogP contribution >= 0.6 is 0 Å². The van der Waals surface area contributed by atoms with Crippen LogP contribution in [0.15, 0.2) is 12.7 Å². The SMILES string of the molecule is C=CCC(N)C(=O)NCC[C@H](O)C(=O)O. The predicted octanol–water partition coefficient (Wildman–Crippen LogP) is -1.16. The lowest BCUT2D eigenvalue weighted by Crippen LogP contribution is -2.41. The Morgan fingerprint density at radius 1 is 1.53 bits per heavy atom. The van der Waals surface area contributed by atoms with E-state index in [0.29, 0.717) is 6.42 Å². The fourth-order valence-corrected chi connectivity index (χ4v) is 0.873.